The molecule has 0 saturated carbocycles. The van der Waals surface area contributed by atoms with Crippen molar-refractivity contribution in [1.29, 1.82) is 0 Å². The van der Waals surface area contributed by atoms with E-state index in [0.29, 0.717) is 12.2 Å². The molecular weight excluding hydrogens is 169 g/mol. The van der Waals surface area contributed by atoms with Crippen LogP contribution in [-0.4, -0.2) is 13.7 Å². The average molecular weight is 183 g/mol. The van der Waals surface area contributed by atoms with E-state index < -0.39 is 0 Å². The topological polar surface area (TPSA) is 35.2 Å². The van der Waals surface area contributed by atoms with E-state index >= 15 is 0 Å². The summed E-state index contributed by atoms with van der Waals surface area (Å²) in [4.78, 5) is 0. The molecule has 0 spiro atoms. The Morgan fingerprint density at radius 3 is 2.77 bits per heavy atom. The van der Waals surface area contributed by atoms with Gasteiger partial charge in [0.05, 0.1) is 12.6 Å². The molecule has 3 heteroatoms. The summed E-state index contributed by atoms with van der Waals surface area (Å²) in [7, 11) is 1.57. The van der Waals surface area contributed by atoms with E-state index in [0.717, 1.165) is 5.56 Å². The van der Waals surface area contributed by atoms with Gasteiger partial charge in [-0.3, -0.25) is 0 Å². The van der Waals surface area contributed by atoms with E-state index in [4.69, 9.17) is 10.5 Å². The Labute approximate surface area is 77.5 Å². The van der Waals surface area contributed by atoms with Crippen LogP contribution in [0.5, 0.6) is 0 Å². The van der Waals surface area contributed by atoms with Crippen LogP contribution in [0, 0.1) is 12.7 Å². The van der Waals surface area contributed by atoms with Gasteiger partial charge in [-0.1, -0.05) is 12.1 Å². The second-order valence-electron chi connectivity index (χ2n) is 3.07. The summed E-state index contributed by atoms with van der Waals surface area (Å²) in [5, 5.41) is 0. The van der Waals surface area contributed by atoms with Crippen LogP contribution in [0.3, 0.4) is 0 Å². The smallest absolute Gasteiger partial charge is 0.126 e. The van der Waals surface area contributed by atoms with Crippen LogP contribution in [-0.2, 0) is 4.74 Å². The molecule has 2 nitrogen and oxygen atoms in total. The third-order valence-electron chi connectivity index (χ3n) is 1.97. The van der Waals surface area contributed by atoms with E-state index in [-0.39, 0.29) is 11.9 Å². The molecule has 72 valence electrons. The monoisotopic (exact) mass is 183 g/mol. The normalized spacial score (nSPS) is 12.9. The zero-order valence-electron chi connectivity index (χ0n) is 7.88. The van der Waals surface area contributed by atoms with Gasteiger partial charge in [-0.05, 0) is 24.1 Å². The van der Waals surface area contributed by atoms with Crippen molar-refractivity contribution in [3.05, 3.63) is 35.1 Å². The molecule has 0 saturated heterocycles. The molecule has 1 atom stereocenters. The number of hydrogen-bond donors (Lipinski definition) is 1. The highest BCUT2D eigenvalue weighted by atomic mass is 19.1. The van der Waals surface area contributed by atoms with Crippen molar-refractivity contribution in [2.24, 2.45) is 5.73 Å². The van der Waals surface area contributed by atoms with E-state index in [1.165, 1.54) is 6.07 Å². The lowest BCUT2D eigenvalue weighted by Gasteiger charge is -2.11. The van der Waals surface area contributed by atoms with Crippen molar-refractivity contribution < 1.29 is 9.13 Å². The third-order valence-corrected chi connectivity index (χ3v) is 1.97. The van der Waals surface area contributed by atoms with E-state index in [9.17, 15) is 4.39 Å². The van der Waals surface area contributed by atoms with Gasteiger partial charge in [0.2, 0.25) is 0 Å². The highest BCUT2D eigenvalue weighted by molar-refractivity contribution is 5.25. The van der Waals surface area contributed by atoms with Crippen molar-refractivity contribution >= 4 is 0 Å². The molecule has 0 radical (unpaired) electrons. The van der Waals surface area contributed by atoms with Gasteiger partial charge >= 0.3 is 0 Å². The van der Waals surface area contributed by atoms with Crippen LogP contribution in [0.15, 0.2) is 18.2 Å². The van der Waals surface area contributed by atoms with Gasteiger partial charge in [0.15, 0.2) is 0 Å². The van der Waals surface area contributed by atoms with Crippen LogP contribution in [0.1, 0.15) is 17.2 Å². The summed E-state index contributed by atoms with van der Waals surface area (Å²) >= 11 is 0. The van der Waals surface area contributed by atoms with Gasteiger partial charge in [0, 0.05) is 7.11 Å². The first kappa shape index (κ1) is 10.2. The summed E-state index contributed by atoms with van der Waals surface area (Å²) in [5.41, 5.74) is 7.13. The maximum absolute atomic E-state index is 13.1. The number of methoxy groups -OCH3 is 1. The van der Waals surface area contributed by atoms with Crippen molar-refractivity contribution in [2.75, 3.05) is 13.7 Å². The second-order valence-corrected chi connectivity index (χ2v) is 3.07. The highest BCUT2D eigenvalue weighted by Crippen LogP contribution is 2.14. The Balaban J connectivity index is 2.84. The largest absolute Gasteiger partial charge is 0.383 e. The van der Waals surface area contributed by atoms with Gasteiger partial charge in [0.25, 0.3) is 0 Å². The van der Waals surface area contributed by atoms with E-state index in [1.54, 1.807) is 20.1 Å². The Bertz CT molecular complexity index is 288. The fraction of sp³-hybridized carbons (Fsp3) is 0.400. The molecule has 1 aromatic carbocycles. The minimum atomic E-state index is -0.250. The zero-order chi connectivity index (χ0) is 9.84. The lowest BCUT2D eigenvalue weighted by Crippen LogP contribution is -2.16. The lowest BCUT2D eigenvalue weighted by atomic mass is 10.1. The molecule has 0 aliphatic rings. The van der Waals surface area contributed by atoms with Crippen LogP contribution < -0.4 is 5.73 Å². The maximum atomic E-state index is 13.1. The summed E-state index contributed by atoms with van der Waals surface area (Å²) in [5.74, 6) is -0.218. The number of halogens is 1. The molecule has 0 amide bonds. The van der Waals surface area contributed by atoms with Gasteiger partial charge < -0.3 is 10.5 Å². The van der Waals surface area contributed by atoms with Crippen LogP contribution in [0.4, 0.5) is 4.39 Å². The zero-order valence-corrected chi connectivity index (χ0v) is 7.88. The van der Waals surface area contributed by atoms with Gasteiger partial charge in [-0.2, -0.15) is 0 Å². The molecule has 2 N–H and O–H groups in total. The van der Waals surface area contributed by atoms with Crippen molar-refractivity contribution in [3.63, 3.8) is 0 Å². The molecule has 0 unspecified atom stereocenters. The van der Waals surface area contributed by atoms with Gasteiger partial charge in [-0.25, -0.2) is 4.39 Å². The Hall–Kier alpha value is -0.930. The summed E-state index contributed by atoms with van der Waals surface area (Å²) in [6, 6.07) is 4.75. The molecule has 0 bridgehead atoms. The number of rotatable bonds is 3. The number of aryl methyl sites for hydroxylation is 1. The molecule has 1 rings (SSSR count). The lowest BCUT2D eigenvalue weighted by molar-refractivity contribution is 0.181. The standard InChI is InChI=1S/C10H14FNO/c1-7-3-4-8(5-9(7)11)10(12)6-13-2/h3-5,10H,6,12H2,1-2H3/t10-/m1/s1. The fourth-order valence-corrected chi connectivity index (χ4v) is 1.12. The highest BCUT2D eigenvalue weighted by Gasteiger charge is 2.07. The van der Waals surface area contributed by atoms with Crippen LogP contribution in [0.2, 0.25) is 0 Å². The first-order valence-electron chi connectivity index (χ1n) is 4.15. The van der Waals surface area contributed by atoms with Crippen LogP contribution in [0.25, 0.3) is 0 Å². The molecule has 0 aliphatic carbocycles. The van der Waals surface area contributed by atoms with Crippen molar-refractivity contribution in [2.45, 2.75) is 13.0 Å². The Kier molecular flexibility index (Phi) is 3.39. The fourth-order valence-electron chi connectivity index (χ4n) is 1.12. The van der Waals surface area contributed by atoms with Gasteiger partial charge in [0.1, 0.15) is 5.82 Å². The average Bonchev–Trinajstić information content (AvgIpc) is 2.10. The molecule has 0 fully saturated rings. The van der Waals surface area contributed by atoms with E-state index in [1.807, 2.05) is 6.07 Å². The molecular formula is C10H14FNO. The minimum absolute atomic E-state index is 0.218. The quantitative estimate of drug-likeness (QED) is 0.775. The third kappa shape index (κ3) is 2.50. The molecule has 0 heterocycles. The predicted octanol–water partition coefficient (Wildman–Crippen LogP) is 1.78. The van der Waals surface area contributed by atoms with Gasteiger partial charge in [-0.15, -0.1) is 0 Å². The SMILES string of the molecule is COC[C@@H](N)c1ccc(C)c(F)c1. The summed E-state index contributed by atoms with van der Waals surface area (Å²) < 4.78 is 18.0. The maximum Gasteiger partial charge on any atom is 0.126 e. The van der Waals surface area contributed by atoms with Crippen molar-refractivity contribution in [3.8, 4) is 0 Å². The van der Waals surface area contributed by atoms with E-state index in [2.05, 4.69) is 0 Å². The molecule has 0 aliphatic heterocycles. The first-order chi connectivity index (χ1) is 6.15. The Morgan fingerprint density at radius 2 is 2.23 bits per heavy atom. The van der Waals surface area contributed by atoms with Crippen LogP contribution >= 0.6 is 0 Å². The van der Waals surface area contributed by atoms with Crippen molar-refractivity contribution in [1.82, 2.24) is 0 Å². The number of hydrogen-bond acceptors (Lipinski definition) is 2. The molecule has 0 aromatic heterocycles. The number of benzene rings is 1. The number of nitrogens with two attached hydrogens (primary N) is 1. The molecule has 1 aromatic rings. The molecule has 13 heavy (non-hydrogen) atoms. The second kappa shape index (κ2) is 4.35. The predicted molar refractivity (Wildman–Crippen MR) is 49.9 cm³/mol. The first-order valence-corrected chi connectivity index (χ1v) is 4.15. The minimum Gasteiger partial charge on any atom is -0.383 e. The number of ether oxygens (including phenoxy) is 1. The Morgan fingerprint density at radius 1 is 1.54 bits per heavy atom. The summed E-state index contributed by atoms with van der Waals surface area (Å²) in [6.07, 6.45) is 0. The summed E-state index contributed by atoms with van der Waals surface area (Å²) in [6.45, 7) is 2.13.